The molecule has 0 heterocycles. The van der Waals surface area contributed by atoms with Gasteiger partial charge in [0, 0.05) is 24.2 Å². The predicted octanol–water partition coefficient (Wildman–Crippen LogP) is 3.35. The van der Waals surface area contributed by atoms with Gasteiger partial charge in [-0.3, -0.25) is 14.9 Å². The van der Waals surface area contributed by atoms with Gasteiger partial charge >= 0.3 is 6.18 Å². The zero-order chi connectivity index (χ0) is 14.6. The molecule has 0 aliphatic rings. The third-order valence-corrected chi connectivity index (χ3v) is 2.22. The van der Waals surface area contributed by atoms with Crippen LogP contribution in [0.1, 0.15) is 25.3 Å². The van der Waals surface area contributed by atoms with Crippen molar-refractivity contribution in [2.24, 2.45) is 0 Å². The van der Waals surface area contributed by atoms with E-state index >= 15 is 0 Å². The lowest BCUT2D eigenvalue weighted by Gasteiger charge is -2.10. The molecular formula is C11H11F3N2O3. The van der Waals surface area contributed by atoms with Crippen LogP contribution in [0, 0.1) is 10.1 Å². The van der Waals surface area contributed by atoms with Crippen molar-refractivity contribution in [1.29, 1.82) is 0 Å². The normalized spacial score (nSPS) is 11.2. The number of nitrogens with zero attached hydrogens (tertiary/aromatic N) is 1. The Kier molecular flexibility index (Phi) is 4.47. The van der Waals surface area contributed by atoms with Crippen LogP contribution in [0.5, 0.6) is 0 Å². The summed E-state index contributed by atoms with van der Waals surface area (Å²) in [7, 11) is 0. The second kappa shape index (κ2) is 5.68. The van der Waals surface area contributed by atoms with Crippen molar-refractivity contribution >= 4 is 17.3 Å². The summed E-state index contributed by atoms with van der Waals surface area (Å²) in [6.07, 6.45) is -4.06. The molecule has 1 amide bonds. The molecule has 1 aromatic rings. The Morgan fingerprint density at radius 1 is 1.37 bits per heavy atom. The Morgan fingerprint density at radius 3 is 2.47 bits per heavy atom. The molecule has 0 bridgehead atoms. The zero-order valence-corrected chi connectivity index (χ0v) is 9.95. The first-order valence-corrected chi connectivity index (χ1v) is 5.40. The molecule has 1 rings (SSSR count). The summed E-state index contributed by atoms with van der Waals surface area (Å²) in [5.74, 6) is -0.490. The molecule has 5 nitrogen and oxygen atoms in total. The highest BCUT2D eigenvalue weighted by Gasteiger charge is 2.32. The lowest BCUT2D eigenvalue weighted by atomic mass is 10.1. The number of anilines is 1. The van der Waals surface area contributed by atoms with Gasteiger partial charge in [-0.2, -0.15) is 13.2 Å². The monoisotopic (exact) mass is 276 g/mol. The van der Waals surface area contributed by atoms with Gasteiger partial charge in [-0.15, -0.1) is 0 Å². The van der Waals surface area contributed by atoms with Crippen LogP contribution in [0.15, 0.2) is 18.2 Å². The summed E-state index contributed by atoms with van der Waals surface area (Å²) in [6, 6.07) is 1.98. The number of nitro benzene ring substituents is 1. The van der Waals surface area contributed by atoms with E-state index in [0.717, 1.165) is 6.07 Å². The summed E-state index contributed by atoms with van der Waals surface area (Å²) in [6.45, 7) is 1.73. The number of rotatable bonds is 4. The Bertz CT molecular complexity index is 500. The van der Waals surface area contributed by atoms with Crippen LogP contribution < -0.4 is 5.32 Å². The largest absolute Gasteiger partial charge is 0.416 e. The third kappa shape index (κ3) is 4.23. The highest BCUT2D eigenvalue weighted by atomic mass is 19.4. The Hall–Kier alpha value is -2.12. The van der Waals surface area contributed by atoms with E-state index in [-0.39, 0.29) is 12.1 Å². The molecule has 104 valence electrons. The Balaban J connectivity index is 3.14. The summed E-state index contributed by atoms with van der Waals surface area (Å²) in [5, 5.41) is 12.8. The maximum atomic E-state index is 12.6. The predicted molar refractivity (Wildman–Crippen MR) is 61.6 cm³/mol. The minimum atomic E-state index is -4.71. The highest BCUT2D eigenvalue weighted by molar-refractivity contribution is 5.91. The molecule has 1 N–H and O–H groups in total. The first kappa shape index (κ1) is 14.9. The fourth-order valence-electron chi connectivity index (χ4n) is 1.40. The summed E-state index contributed by atoms with van der Waals surface area (Å²) in [5.41, 5.74) is -2.13. The number of carbonyl (C=O) groups is 1. The topological polar surface area (TPSA) is 72.2 Å². The van der Waals surface area contributed by atoms with Crippen molar-refractivity contribution in [1.82, 2.24) is 0 Å². The molecular weight excluding hydrogens is 265 g/mol. The van der Waals surface area contributed by atoms with Crippen LogP contribution in [-0.4, -0.2) is 10.8 Å². The first-order valence-electron chi connectivity index (χ1n) is 5.40. The summed E-state index contributed by atoms with van der Waals surface area (Å²) >= 11 is 0. The molecule has 0 aromatic heterocycles. The van der Waals surface area contributed by atoms with Gasteiger partial charge in [-0.1, -0.05) is 6.92 Å². The average molecular weight is 276 g/mol. The molecule has 0 saturated carbocycles. The van der Waals surface area contributed by atoms with E-state index < -0.39 is 28.3 Å². The molecule has 0 radical (unpaired) electrons. The number of hydrogen-bond acceptors (Lipinski definition) is 3. The molecule has 0 saturated heterocycles. The van der Waals surface area contributed by atoms with E-state index in [9.17, 15) is 28.1 Å². The second-order valence-corrected chi connectivity index (χ2v) is 3.82. The lowest BCUT2D eigenvalue weighted by molar-refractivity contribution is -0.385. The molecule has 0 unspecified atom stereocenters. The first-order chi connectivity index (χ1) is 8.74. The van der Waals surface area contributed by atoms with E-state index in [4.69, 9.17) is 0 Å². The van der Waals surface area contributed by atoms with Crippen LogP contribution in [0.4, 0.5) is 24.5 Å². The number of carbonyl (C=O) groups excluding carboxylic acids is 1. The van der Waals surface area contributed by atoms with Gasteiger partial charge in [0.2, 0.25) is 5.91 Å². The molecule has 1 aromatic carbocycles. The van der Waals surface area contributed by atoms with Gasteiger partial charge in [-0.05, 0) is 12.5 Å². The van der Waals surface area contributed by atoms with Gasteiger partial charge in [0.25, 0.3) is 5.69 Å². The Morgan fingerprint density at radius 2 is 2.00 bits per heavy atom. The minimum Gasteiger partial charge on any atom is -0.326 e. The number of benzene rings is 1. The fraction of sp³-hybridized carbons (Fsp3) is 0.364. The summed E-state index contributed by atoms with van der Waals surface area (Å²) < 4.78 is 37.7. The maximum absolute atomic E-state index is 12.6. The number of nitrogens with one attached hydrogen (secondary N) is 1. The van der Waals surface area contributed by atoms with Gasteiger partial charge in [0.05, 0.1) is 10.5 Å². The zero-order valence-electron chi connectivity index (χ0n) is 9.95. The van der Waals surface area contributed by atoms with Crippen LogP contribution >= 0.6 is 0 Å². The third-order valence-electron chi connectivity index (χ3n) is 2.22. The molecule has 0 aliphatic heterocycles. The van der Waals surface area contributed by atoms with Gasteiger partial charge < -0.3 is 5.32 Å². The standard InChI is InChI=1S/C11H11F3N2O3/c1-2-3-10(17)15-8-4-7(11(12,13)14)5-9(6-8)16(18)19/h4-6H,2-3H2,1H3,(H,15,17). The van der Waals surface area contributed by atoms with Crippen molar-refractivity contribution in [3.63, 3.8) is 0 Å². The van der Waals surface area contributed by atoms with Crippen molar-refractivity contribution in [3.8, 4) is 0 Å². The average Bonchev–Trinajstić information content (AvgIpc) is 2.27. The van der Waals surface area contributed by atoms with Crippen LogP contribution in [-0.2, 0) is 11.0 Å². The van der Waals surface area contributed by atoms with E-state index in [1.54, 1.807) is 6.92 Å². The molecule has 0 spiro atoms. The molecule has 0 atom stereocenters. The maximum Gasteiger partial charge on any atom is 0.416 e. The van der Waals surface area contributed by atoms with Crippen LogP contribution in [0.3, 0.4) is 0 Å². The second-order valence-electron chi connectivity index (χ2n) is 3.82. The van der Waals surface area contributed by atoms with E-state index in [1.807, 2.05) is 0 Å². The SMILES string of the molecule is CCCC(=O)Nc1cc([N+](=O)[O-])cc(C(F)(F)F)c1. The van der Waals surface area contributed by atoms with Crippen LogP contribution in [0.2, 0.25) is 0 Å². The van der Waals surface area contributed by atoms with Gasteiger partial charge in [0.1, 0.15) is 0 Å². The molecule has 19 heavy (non-hydrogen) atoms. The number of hydrogen-bond donors (Lipinski definition) is 1. The smallest absolute Gasteiger partial charge is 0.326 e. The van der Waals surface area contributed by atoms with Crippen LogP contribution in [0.25, 0.3) is 0 Å². The van der Waals surface area contributed by atoms with Gasteiger partial charge in [-0.25, -0.2) is 0 Å². The minimum absolute atomic E-state index is 0.129. The number of alkyl halides is 3. The fourth-order valence-corrected chi connectivity index (χ4v) is 1.40. The lowest BCUT2D eigenvalue weighted by Crippen LogP contribution is -2.13. The van der Waals surface area contributed by atoms with Crippen molar-refractivity contribution < 1.29 is 22.9 Å². The molecule has 0 fully saturated rings. The van der Waals surface area contributed by atoms with E-state index in [2.05, 4.69) is 5.32 Å². The molecule has 0 aliphatic carbocycles. The number of amides is 1. The quantitative estimate of drug-likeness (QED) is 0.677. The van der Waals surface area contributed by atoms with E-state index in [0.29, 0.717) is 18.6 Å². The summed E-state index contributed by atoms with van der Waals surface area (Å²) in [4.78, 5) is 20.9. The highest BCUT2D eigenvalue weighted by Crippen LogP contribution is 2.34. The number of halogens is 3. The Labute approximate surface area is 106 Å². The van der Waals surface area contributed by atoms with E-state index in [1.165, 1.54) is 0 Å². The van der Waals surface area contributed by atoms with Crippen molar-refractivity contribution in [3.05, 3.63) is 33.9 Å². The van der Waals surface area contributed by atoms with Crippen molar-refractivity contribution in [2.45, 2.75) is 25.9 Å². The number of nitro groups is 1. The number of non-ortho nitro benzene ring substituents is 1. The molecule has 8 heteroatoms. The van der Waals surface area contributed by atoms with Gasteiger partial charge in [0.15, 0.2) is 0 Å². The van der Waals surface area contributed by atoms with Crippen molar-refractivity contribution in [2.75, 3.05) is 5.32 Å².